The first-order chi connectivity index (χ1) is 16.7. The molecule has 1 saturated carbocycles. The molecule has 2 aliphatic carbocycles. The van der Waals surface area contributed by atoms with Gasteiger partial charge in [-0.05, 0) is 80.4 Å². The molecule has 0 bridgehead atoms. The quantitative estimate of drug-likeness (QED) is 0.183. The van der Waals surface area contributed by atoms with Crippen LogP contribution in [0.1, 0.15) is 129 Å². The molecule has 0 heterocycles. The standard InChI is InChI=1S/C32H51FO/c1-3-5-7-9-26-10-12-27(13-11-26)14-15-28-16-18-29(19-17-28)20-21-30-22-23-32(31(33)25-30)34-24-8-6-4-2/h18,22-23,25-28H,3-17,19-21,24H2,1-2H3. The van der Waals surface area contributed by atoms with Crippen molar-refractivity contribution in [3.63, 3.8) is 0 Å². The van der Waals surface area contributed by atoms with E-state index in [1.54, 1.807) is 11.6 Å². The molecule has 1 aromatic carbocycles. The Morgan fingerprint density at radius 3 is 2.18 bits per heavy atom. The van der Waals surface area contributed by atoms with E-state index in [0.717, 1.165) is 55.4 Å². The smallest absolute Gasteiger partial charge is 0.165 e. The third kappa shape index (κ3) is 9.74. The van der Waals surface area contributed by atoms with Crippen LogP contribution in [-0.2, 0) is 6.42 Å². The van der Waals surface area contributed by atoms with E-state index in [1.165, 1.54) is 83.5 Å². The molecule has 192 valence electrons. The van der Waals surface area contributed by atoms with Crippen molar-refractivity contribution < 1.29 is 9.13 Å². The van der Waals surface area contributed by atoms with Crippen LogP contribution in [0.25, 0.3) is 0 Å². The highest BCUT2D eigenvalue weighted by molar-refractivity contribution is 5.30. The summed E-state index contributed by atoms with van der Waals surface area (Å²) in [5.74, 6) is 3.13. The van der Waals surface area contributed by atoms with Crippen molar-refractivity contribution in [3.8, 4) is 5.75 Å². The van der Waals surface area contributed by atoms with Gasteiger partial charge in [0.1, 0.15) is 0 Å². The van der Waals surface area contributed by atoms with Gasteiger partial charge < -0.3 is 4.74 Å². The van der Waals surface area contributed by atoms with Gasteiger partial charge in [0, 0.05) is 0 Å². The van der Waals surface area contributed by atoms with Gasteiger partial charge in [0.15, 0.2) is 11.6 Å². The zero-order chi connectivity index (χ0) is 24.0. The van der Waals surface area contributed by atoms with Crippen LogP contribution >= 0.6 is 0 Å². The normalized spacial score (nSPS) is 23.0. The molecule has 0 radical (unpaired) electrons. The van der Waals surface area contributed by atoms with Crippen molar-refractivity contribution in [2.24, 2.45) is 17.8 Å². The summed E-state index contributed by atoms with van der Waals surface area (Å²) in [5, 5.41) is 0. The van der Waals surface area contributed by atoms with Gasteiger partial charge in [0.05, 0.1) is 6.61 Å². The predicted octanol–water partition coefficient (Wildman–Crippen LogP) is 10.2. The molecule has 0 spiro atoms. The minimum atomic E-state index is -0.207. The first kappa shape index (κ1) is 27.3. The van der Waals surface area contributed by atoms with Crippen LogP contribution in [0.2, 0.25) is 0 Å². The number of hydrogen-bond acceptors (Lipinski definition) is 1. The van der Waals surface area contributed by atoms with E-state index in [0.29, 0.717) is 12.4 Å². The Kier molecular flexibility index (Phi) is 12.5. The van der Waals surface area contributed by atoms with E-state index in [2.05, 4.69) is 19.9 Å². The summed E-state index contributed by atoms with van der Waals surface area (Å²) < 4.78 is 20.0. The molecule has 2 heteroatoms. The second kappa shape index (κ2) is 15.6. The monoisotopic (exact) mass is 470 g/mol. The van der Waals surface area contributed by atoms with Crippen molar-refractivity contribution in [2.75, 3.05) is 6.61 Å². The van der Waals surface area contributed by atoms with E-state index < -0.39 is 0 Å². The maximum atomic E-state index is 14.4. The molecule has 3 rings (SSSR count). The van der Waals surface area contributed by atoms with E-state index in [4.69, 9.17) is 4.74 Å². The molecule has 0 aromatic heterocycles. The van der Waals surface area contributed by atoms with Gasteiger partial charge in [-0.1, -0.05) is 102 Å². The van der Waals surface area contributed by atoms with E-state index in [1.807, 2.05) is 12.1 Å². The Bertz CT molecular complexity index is 716. The lowest BCUT2D eigenvalue weighted by atomic mass is 9.76. The van der Waals surface area contributed by atoms with E-state index >= 15 is 0 Å². The number of rotatable bonds is 15. The maximum Gasteiger partial charge on any atom is 0.165 e. The first-order valence-corrected chi connectivity index (χ1v) is 14.8. The van der Waals surface area contributed by atoms with Gasteiger partial charge in [-0.3, -0.25) is 0 Å². The fourth-order valence-electron chi connectivity index (χ4n) is 6.05. The molecular weight excluding hydrogens is 419 g/mol. The van der Waals surface area contributed by atoms with Crippen LogP contribution in [0.5, 0.6) is 5.75 Å². The highest BCUT2D eigenvalue weighted by Gasteiger charge is 2.22. The molecule has 1 unspecified atom stereocenters. The lowest BCUT2D eigenvalue weighted by molar-refractivity contribution is 0.234. The highest BCUT2D eigenvalue weighted by atomic mass is 19.1. The van der Waals surface area contributed by atoms with Gasteiger partial charge >= 0.3 is 0 Å². The van der Waals surface area contributed by atoms with Crippen LogP contribution in [0.15, 0.2) is 29.8 Å². The average molecular weight is 471 g/mol. The van der Waals surface area contributed by atoms with Gasteiger partial charge in [0.25, 0.3) is 0 Å². The van der Waals surface area contributed by atoms with E-state index in [-0.39, 0.29) is 5.82 Å². The number of unbranched alkanes of at least 4 members (excludes halogenated alkanes) is 4. The third-order valence-corrected chi connectivity index (χ3v) is 8.52. The minimum absolute atomic E-state index is 0.207. The van der Waals surface area contributed by atoms with Gasteiger partial charge in [-0.2, -0.15) is 0 Å². The van der Waals surface area contributed by atoms with Gasteiger partial charge in [0.2, 0.25) is 0 Å². The summed E-state index contributed by atoms with van der Waals surface area (Å²) in [4.78, 5) is 0. The number of ether oxygens (including phenoxy) is 1. The second-order valence-corrected chi connectivity index (χ2v) is 11.3. The number of aryl methyl sites for hydroxylation is 1. The van der Waals surface area contributed by atoms with Crippen molar-refractivity contribution in [3.05, 3.63) is 41.2 Å². The summed E-state index contributed by atoms with van der Waals surface area (Å²) in [5.41, 5.74) is 2.68. The van der Waals surface area contributed by atoms with Crippen molar-refractivity contribution in [1.82, 2.24) is 0 Å². The summed E-state index contributed by atoms with van der Waals surface area (Å²) in [7, 11) is 0. The molecule has 34 heavy (non-hydrogen) atoms. The fraction of sp³-hybridized carbons (Fsp3) is 0.750. The SMILES string of the molecule is CCCCCOc1ccc(CCC2=CCC(CCC3CCC(CCCCC)CC3)CC2)cc1F. The Morgan fingerprint density at radius 2 is 1.50 bits per heavy atom. The Hall–Kier alpha value is -1.31. The van der Waals surface area contributed by atoms with Crippen LogP contribution in [-0.4, -0.2) is 6.61 Å². The highest BCUT2D eigenvalue weighted by Crippen LogP contribution is 2.37. The Labute approximate surface area is 209 Å². The fourth-order valence-corrected chi connectivity index (χ4v) is 6.05. The molecule has 1 atom stereocenters. The summed E-state index contributed by atoms with van der Waals surface area (Å²) in [6.07, 6.45) is 26.3. The second-order valence-electron chi connectivity index (χ2n) is 11.3. The zero-order valence-electron chi connectivity index (χ0n) is 22.3. The van der Waals surface area contributed by atoms with Crippen LogP contribution in [0.4, 0.5) is 4.39 Å². The lowest BCUT2D eigenvalue weighted by Gasteiger charge is -2.30. The van der Waals surface area contributed by atoms with Crippen molar-refractivity contribution in [2.45, 2.75) is 129 Å². The van der Waals surface area contributed by atoms with Gasteiger partial charge in [-0.25, -0.2) is 4.39 Å². The number of hydrogen-bond donors (Lipinski definition) is 0. The first-order valence-electron chi connectivity index (χ1n) is 14.8. The zero-order valence-corrected chi connectivity index (χ0v) is 22.3. The molecule has 0 aliphatic heterocycles. The van der Waals surface area contributed by atoms with Crippen molar-refractivity contribution in [1.29, 1.82) is 0 Å². The average Bonchev–Trinajstić information content (AvgIpc) is 2.86. The predicted molar refractivity (Wildman–Crippen MR) is 144 cm³/mol. The number of allylic oxidation sites excluding steroid dienone is 2. The molecule has 0 amide bonds. The van der Waals surface area contributed by atoms with Crippen molar-refractivity contribution >= 4 is 0 Å². The minimum Gasteiger partial charge on any atom is -0.491 e. The van der Waals surface area contributed by atoms with E-state index in [9.17, 15) is 4.39 Å². The molecule has 1 aromatic rings. The molecule has 1 fully saturated rings. The number of halogens is 1. The Balaban J connectivity index is 1.30. The third-order valence-electron chi connectivity index (χ3n) is 8.52. The molecular formula is C32H51FO. The van der Waals surface area contributed by atoms with Crippen LogP contribution in [0.3, 0.4) is 0 Å². The molecule has 2 aliphatic rings. The maximum absolute atomic E-state index is 14.4. The largest absolute Gasteiger partial charge is 0.491 e. The van der Waals surface area contributed by atoms with Gasteiger partial charge in [-0.15, -0.1) is 0 Å². The topological polar surface area (TPSA) is 9.23 Å². The summed E-state index contributed by atoms with van der Waals surface area (Å²) in [6.45, 7) is 5.09. The molecule has 0 saturated heterocycles. The summed E-state index contributed by atoms with van der Waals surface area (Å²) >= 11 is 0. The molecule has 0 N–H and O–H groups in total. The molecule has 1 nitrogen and oxygen atoms in total. The Morgan fingerprint density at radius 1 is 0.794 bits per heavy atom. The summed E-state index contributed by atoms with van der Waals surface area (Å²) in [6, 6.07) is 5.55. The number of benzene rings is 1. The van der Waals surface area contributed by atoms with Crippen LogP contribution in [0, 0.1) is 23.6 Å². The lowest BCUT2D eigenvalue weighted by Crippen LogP contribution is -2.16. The van der Waals surface area contributed by atoms with Crippen LogP contribution < -0.4 is 4.74 Å².